The van der Waals surface area contributed by atoms with E-state index in [1.807, 2.05) is 7.05 Å². The van der Waals surface area contributed by atoms with E-state index in [1.54, 1.807) is 4.90 Å². The minimum atomic E-state index is 0.0191. The van der Waals surface area contributed by atoms with Gasteiger partial charge in [-0.25, -0.2) is 0 Å². The van der Waals surface area contributed by atoms with Crippen molar-refractivity contribution < 1.29 is 4.79 Å². The number of likely N-dealkylation sites (N-methyl/N-ethyl adjacent to an activating group) is 2. The molecule has 0 aliphatic carbocycles. The van der Waals surface area contributed by atoms with E-state index in [-0.39, 0.29) is 11.8 Å². The van der Waals surface area contributed by atoms with Gasteiger partial charge in [-0.05, 0) is 26.4 Å². The molecule has 0 spiro atoms. The molecule has 1 rings (SSSR count). The lowest BCUT2D eigenvalue weighted by Gasteiger charge is -2.35. The van der Waals surface area contributed by atoms with Crippen molar-refractivity contribution >= 4 is 17.5 Å². The monoisotopic (exact) mass is 218 g/mol. The molecule has 1 saturated heterocycles. The van der Waals surface area contributed by atoms with Crippen LogP contribution in [0.2, 0.25) is 0 Å². The number of carbonyl (C=O) groups is 1. The summed E-state index contributed by atoms with van der Waals surface area (Å²) in [6.07, 6.45) is 3.74. The standard InChI is InChI=1S/C10H19ClN2O/c1-12-6-4-3-5-9(12)8-13(2)10(14)7-11/h9H,3-8H2,1-2H3. The summed E-state index contributed by atoms with van der Waals surface area (Å²) in [7, 11) is 3.95. The fraction of sp³-hybridized carbons (Fsp3) is 0.900. The molecular formula is C10H19ClN2O. The number of likely N-dealkylation sites (tertiary alicyclic amines) is 1. The number of nitrogens with zero attached hydrogens (tertiary/aromatic N) is 2. The summed E-state index contributed by atoms with van der Waals surface area (Å²) in [5.41, 5.74) is 0. The van der Waals surface area contributed by atoms with Crippen LogP contribution in [0.4, 0.5) is 0 Å². The maximum Gasteiger partial charge on any atom is 0.237 e. The number of piperidine rings is 1. The Kier molecular flexibility index (Phi) is 4.69. The van der Waals surface area contributed by atoms with Gasteiger partial charge in [0.2, 0.25) is 5.91 Å². The molecule has 0 radical (unpaired) electrons. The van der Waals surface area contributed by atoms with Crippen LogP contribution in [0.25, 0.3) is 0 Å². The van der Waals surface area contributed by atoms with Crippen molar-refractivity contribution in [2.24, 2.45) is 0 Å². The SMILES string of the molecule is CN(CC1CCCCN1C)C(=O)CCl. The number of carbonyl (C=O) groups excluding carboxylic acids is 1. The predicted octanol–water partition coefficient (Wildman–Crippen LogP) is 1.17. The summed E-state index contributed by atoms with van der Waals surface area (Å²) in [4.78, 5) is 15.3. The van der Waals surface area contributed by atoms with Crippen LogP contribution in [0.1, 0.15) is 19.3 Å². The lowest BCUT2D eigenvalue weighted by Crippen LogP contribution is -2.45. The summed E-state index contributed by atoms with van der Waals surface area (Å²) in [5.74, 6) is 0.109. The van der Waals surface area contributed by atoms with E-state index in [4.69, 9.17) is 11.6 Å². The van der Waals surface area contributed by atoms with Gasteiger partial charge in [0.05, 0.1) is 0 Å². The molecule has 1 aliphatic heterocycles. The molecule has 0 N–H and O–H groups in total. The third-order valence-electron chi connectivity index (χ3n) is 2.95. The molecule has 1 heterocycles. The Hall–Kier alpha value is -0.280. The highest BCUT2D eigenvalue weighted by Crippen LogP contribution is 2.15. The van der Waals surface area contributed by atoms with Crippen molar-refractivity contribution in [2.45, 2.75) is 25.3 Å². The van der Waals surface area contributed by atoms with Crippen LogP contribution in [0.15, 0.2) is 0 Å². The Labute approximate surface area is 91.0 Å². The molecule has 14 heavy (non-hydrogen) atoms. The van der Waals surface area contributed by atoms with E-state index in [0.717, 1.165) is 13.1 Å². The lowest BCUT2D eigenvalue weighted by atomic mass is 10.0. The summed E-state index contributed by atoms with van der Waals surface area (Å²) in [6.45, 7) is 1.95. The van der Waals surface area contributed by atoms with Crippen molar-refractivity contribution in [2.75, 3.05) is 33.1 Å². The normalized spacial score (nSPS) is 23.5. The van der Waals surface area contributed by atoms with E-state index in [2.05, 4.69) is 11.9 Å². The average molecular weight is 219 g/mol. The Morgan fingerprint density at radius 1 is 1.57 bits per heavy atom. The van der Waals surface area contributed by atoms with Gasteiger partial charge in [-0.1, -0.05) is 6.42 Å². The quantitative estimate of drug-likeness (QED) is 0.664. The second kappa shape index (κ2) is 5.56. The van der Waals surface area contributed by atoms with Gasteiger partial charge < -0.3 is 9.80 Å². The number of amides is 1. The van der Waals surface area contributed by atoms with Crippen LogP contribution in [0.3, 0.4) is 0 Å². The largest absolute Gasteiger partial charge is 0.343 e. The van der Waals surface area contributed by atoms with Gasteiger partial charge in [0.25, 0.3) is 0 Å². The molecule has 0 saturated carbocycles. The Morgan fingerprint density at radius 3 is 2.86 bits per heavy atom. The van der Waals surface area contributed by atoms with Crippen molar-refractivity contribution in [3.05, 3.63) is 0 Å². The van der Waals surface area contributed by atoms with Gasteiger partial charge in [0, 0.05) is 19.6 Å². The van der Waals surface area contributed by atoms with Crippen LogP contribution in [-0.2, 0) is 4.79 Å². The molecule has 1 fully saturated rings. The smallest absolute Gasteiger partial charge is 0.237 e. The second-order valence-electron chi connectivity index (χ2n) is 4.04. The average Bonchev–Trinajstić information content (AvgIpc) is 2.20. The van der Waals surface area contributed by atoms with Crippen LogP contribution < -0.4 is 0 Å². The van der Waals surface area contributed by atoms with Gasteiger partial charge in [-0.2, -0.15) is 0 Å². The van der Waals surface area contributed by atoms with Gasteiger partial charge in [0.1, 0.15) is 5.88 Å². The van der Waals surface area contributed by atoms with Crippen LogP contribution in [0.5, 0.6) is 0 Å². The molecular weight excluding hydrogens is 200 g/mol. The molecule has 0 bridgehead atoms. The third-order valence-corrected chi connectivity index (χ3v) is 3.17. The van der Waals surface area contributed by atoms with Gasteiger partial charge >= 0.3 is 0 Å². The highest BCUT2D eigenvalue weighted by molar-refractivity contribution is 6.27. The predicted molar refractivity (Wildman–Crippen MR) is 58.6 cm³/mol. The Morgan fingerprint density at radius 2 is 2.29 bits per heavy atom. The van der Waals surface area contributed by atoms with Crippen molar-refractivity contribution in [1.29, 1.82) is 0 Å². The molecule has 0 aromatic carbocycles. The maximum absolute atomic E-state index is 11.3. The Balaban J connectivity index is 2.38. The minimum absolute atomic E-state index is 0.0191. The van der Waals surface area contributed by atoms with Crippen LogP contribution >= 0.6 is 11.6 Å². The van der Waals surface area contributed by atoms with E-state index in [1.165, 1.54) is 19.3 Å². The number of alkyl halides is 1. The molecule has 1 unspecified atom stereocenters. The molecule has 1 amide bonds. The van der Waals surface area contributed by atoms with Gasteiger partial charge in [-0.15, -0.1) is 11.6 Å². The molecule has 0 aromatic rings. The zero-order chi connectivity index (χ0) is 10.6. The summed E-state index contributed by atoms with van der Waals surface area (Å²) < 4.78 is 0. The zero-order valence-corrected chi connectivity index (χ0v) is 9.76. The number of hydrogen-bond donors (Lipinski definition) is 0. The van der Waals surface area contributed by atoms with Gasteiger partial charge in [-0.3, -0.25) is 4.79 Å². The summed E-state index contributed by atoms with van der Waals surface area (Å²) in [6, 6.07) is 0.515. The number of hydrogen-bond acceptors (Lipinski definition) is 2. The molecule has 3 nitrogen and oxygen atoms in total. The molecule has 4 heteroatoms. The Bertz CT molecular complexity index is 199. The topological polar surface area (TPSA) is 23.6 Å². The minimum Gasteiger partial charge on any atom is -0.343 e. The van der Waals surface area contributed by atoms with Crippen molar-refractivity contribution in [3.8, 4) is 0 Å². The van der Waals surface area contributed by atoms with Crippen molar-refractivity contribution in [1.82, 2.24) is 9.80 Å². The fourth-order valence-corrected chi connectivity index (χ4v) is 2.10. The van der Waals surface area contributed by atoms with Crippen LogP contribution in [0, 0.1) is 0 Å². The number of halogens is 1. The zero-order valence-electron chi connectivity index (χ0n) is 9.00. The number of rotatable bonds is 3. The molecule has 1 aliphatic rings. The van der Waals surface area contributed by atoms with E-state index in [9.17, 15) is 4.79 Å². The van der Waals surface area contributed by atoms with E-state index in [0.29, 0.717) is 6.04 Å². The first-order chi connectivity index (χ1) is 6.65. The maximum atomic E-state index is 11.3. The van der Waals surface area contributed by atoms with Crippen molar-refractivity contribution in [3.63, 3.8) is 0 Å². The highest BCUT2D eigenvalue weighted by Gasteiger charge is 2.21. The molecule has 0 aromatic heterocycles. The summed E-state index contributed by atoms with van der Waals surface area (Å²) >= 11 is 5.50. The van der Waals surface area contributed by atoms with E-state index >= 15 is 0 Å². The van der Waals surface area contributed by atoms with E-state index < -0.39 is 0 Å². The third kappa shape index (κ3) is 3.14. The van der Waals surface area contributed by atoms with Gasteiger partial charge in [0.15, 0.2) is 0 Å². The fourth-order valence-electron chi connectivity index (χ4n) is 1.89. The lowest BCUT2D eigenvalue weighted by molar-refractivity contribution is -0.128. The molecule has 1 atom stereocenters. The first kappa shape index (κ1) is 11.8. The first-order valence-electron chi connectivity index (χ1n) is 5.15. The molecule has 82 valence electrons. The second-order valence-corrected chi connectivity index (χ2v) is 4.31. The first-order valence-corrected chi connectivity index (χ1v) is 5.68. The summed E-state index contributed by atoms with van der Waals surface area (Å²) in [5, 5.41) is 0. The van der Waals surface area contributed by atoms with Crippen LogP contribution in [-0.4, -0.2) is 54.8 Å². The highest BCUT2D eigenvalue weighted by atomic mass is 35.5.